The molecule has 15 heavy (non-hydrogen) atoms. The maximum absolute atomic E-state index is 4.29. The van der Waals surface area contributed by atoms with E-state index in [1.54, 1.807) is 0 Å². The Bertz CT molecular complexity index is 436. The number of H-pyrrole nitrogens is 1. The summed E-state index contributed by atoms with van der Waals surface area (Å²) in [6.07, 6.45) is 5.76. The van der Waals surface area contributed by atoms with Crippen LogP contribution in [-0.2, 0) is 5.41 Å². The van der Waals surface area contributed by atoms with Gasteiger partial charge >= 0.3 is 0 Å². The molecule has 2 heteroatoms. The highest BCUT2D eigenvalue weighted by Gasteiger charge is 2.14. The molecule has 0 aromatic carbocycles. The summed E-state index contributed by atoms with van der Waals surface area (Å²) in [7, 11) is 0. The third-order valence-corrected chi connectivity index (χ3v) is 2.51. The molecule has 0 aliphatic heterocycles. The Balaban J connectivity index is 2.44. The van der Waals surface area contributed by atoms with Crippen LogP contribution in [0.3, 0.4) is 0 Å². The van der Waals surface area contributed by atoms with E-state index in [0.717, 1.165) is 11.3 Å². The molecule has 0 aliphatic rings. The van der Waals surface area contributed by atoms with Crippen LogP contribution in [0.1, 0.15) is 26.3 Å². The van der Waals surface area contributed by atoms with Gasteiger partial charge in [0.25, 0.3) is 0 Å². The van der Waals surface area contributed by atoms with E-state index in [1.165, 1.54) is 5.56 Å². The lowest BCUT2D eigenvalue weighted by molar-refractivity contribution is 0.587. The molecule has 0 radical (unpaired) electrons. The largest absolute Gasteiger partial charge is 0.361 e. The zero-order valence-electron chi connectivity index (χ0n) is 9.41. The molecular weight excluding hydrogens is 184 g/mol. The van der Waals surface area contributed by atoms with Crippen LogP contribution < -0.4 is 0 Å². The van der Waals surface area contributed by atoms with E-state index in [9.17, 15) is 0 Å². The maximum Gasteiger partial charge on any atom is 0.0469 e. The quantitative estimate of drug-likeness (QED) is 0.751. The van der Waals surface area contributed by atoms with E-state index in [0.29, 0.717) is 0 Å². The fraction of sp³-hybridized carbons (Fsp3) is 0.308. The highest BCUT2D eigenvalue weighted by molar-refractivity contribution is 5.59. The smallest absolute Gasteiger partial charge is 0.0469 e. The summed E-state index contributed by atoms with van der Waals surface area (Å²) in [4.78, 5) is 7.48. The predicted molar refractivity (Wildman–Crippen MR) is 62.7 cm³/mol. The van der Waals surface area contributed by atoms with Gasteiger partial charge < -0.3 is 4.98 Å². The van der Waals surface area contributed by atoms with Gasteiger partial charge in [-0.3, -0.25) is 4.98 Å². The molecule has 0 saturated carbocycles. The molecule has 2 aromatic rings. The third-order valence-electron chi connectivity index (χ3n) is 2.51. The van der Waals surface area contributed by atoms with Gasteiger partial charge in [0.05, 0.1) is 0 Å². The van der Waals surface area contributed by atoms with Crippen molar-refractivity contribution in [1.29, 1.82) is 0 Å². The van der Waals surface area contributed by atoms with Crippen LogP contribution in [-0.4, -0.2) is 9.97 Å². The van der Waals surface area contributed by atoms with Gasteiger partial charge in [-0.15, -0.1) is 0 Å². The van der Waals surface area contributed by atoms with Gasteiger partial charge in [-0.25, -0.2) is 0 Å². The Labute approximate surface area is 90.4 Å². The second-order valence-electron chi connectivity index (χ2n) is 4.80. The van der Waals surface area contributed by atoms with Crippen molar-refractivity contribution in [1.82, 2.24) is 9.97 Å². The van der Waals surface area contributed by atoms with Crippen LogP contribution in [0.15, 0.2) is 36.8 Å². The Morgan fingerprint density at radius 2 is 2.00 bits per heavy atom. The Kier molecular flexibility index (Phi) is 2.35. The van der Waals surface area contributed by atoms with Crippen molar-refractivity contribution in [3.63, 3.8) is 0 Å². The minimum Gasteiger partial charge on any atom is -0.361 e. The van der Waals surface area contributed by atoms with E-state index in [4.69, 9.17) is 0 Å². The number of aromatic nitrogens is 2. The van der Waals surface area contributed by atoms with E-state index in [2.05, 4.69) is 42.9 Å². The molecule has 0 spiro atoms. The van der Waals surface area contributed by atoms with Crippen molar-refractivity contribution in [2.75, 3.05) is 0 Å². The molecule has 2 nitrogen and oxygen atoms in total. The lowest BCUT2D eigenvalue weighted by atomic mass is 9.87. The lowest BCUT2D eigenvalue weighted by Crippen LogP contribution is -2.11. The van der Waals surface area contributed by atoms with Gasteiger partial charge in [-0.2, -0.15) is 0 Å². The SMILES string of the molecule is CC(C)(C)c1cncc(-c2ccc[nH]2)c1. The summed E-state index contributed by atoms with van der Waals surface area (Å²) < 4.78 is 0. The number of pyridine rings is 1. The summed E-state index contributed by atoms with van der Waals surface area (Å²) in [5, 5.41) is 0. The molecule has 0 fully saturated rings. The van der Waals surface area contributed by atoms with Gasteiger partial charge in [-0.1, -0.05) is 20.8 Å². The number of hydrogen-bond donors (Lipinski definition) is 1. The van der Waals surface area contributed by atoms with Crippen LogP contribution in [0, 0.1) is 0 Å². The summed E-state index contributed by atoms with van der Waals surface area (Å²) in [5.74, 6) is 0. The first-order valence-electron chi connectivity index (χ1n) is 5.17. The number of nitrogens with one attached hydrogen (secondary N) is 1. The molecule has 0 saturated heterocycles. The van der Waals surface area contributed by atoms with Crippen molar-refractivity contribution < 1.29 is 0 Å². The fourth-order valence-corrected chi connectivity index (χ4v) is 1.51. The van der Waals surface area contributed by atoms with E-state index in [-0.39, 0.29) is 5.41 Å². The summed E-state index contributed by atoms with van der Waals surface area (Å²) in [5.41, 5.74) is 3.67. The Hall–Kier alpha value is -1.57. The monoisotopic (exact) mass is 200 g/mol. The summed E-state index contributed by atoms with van der Waals surface area (Å²) >= 11 is 0. The van der Waals surface area contributed by atoms with E-state index >= 15 is 0 Å². The maximum atomic E-state index is 4.29. The topological polar surface area (TPSA) is 28.7 Å². The van der Waals surface area contributed by atoms with Gasteiger partial charge in [-0.05, 0) is 29.2 Å². The molecule has 78 valence electrons. The molecule has 0 aliphatic carbocycles. The van der Waals surface area contributed by atoms with E-state index < -0.39 is 0 Å². The molecule has 1 N–H and O–H groups in total. The second-order valence-corrected chi connectivity index (χ2v) is 4.80. The highest BCUT2D eigenvalue weighted by Crippen LogP contribution is 2.25. The third kappa shape index (κ3) is 2.09. The predicted octanol–water partition coefficient (Wildman–Crippen LogP) is 3.37. The van der Waals surface area contributed by atoms with Crippen molar-refractivity contribution >= 4 is 0 Å². The van der Waals surface area contributed by atoms with Gasteiger partial charge in [0.1, 0.15) is 0 Å². The molecule has 0 amide bonds. The standard InChI is InChI=1S/C13H16N2/c1-13(2,3)11-7-10(8-14-9-11)12-5-4-6-15-12/h4-9,15H,1-3H3. The highest BCUT2D eigenvalue weighted by atomic mass is 14.7. The zero-order chi connectivity index (χ0) is 10.9. The lowest BCUT2D eigenvalue weighted by Gasteiger charge is -2.18. The summed E-state index contributed by atoms with van der Waals surface area (Å²) in [6.45, 7) is 6.59. The van der Waals surface area contributed by atoms with Gasteiger partial charge in [0, 0.05) is 29.8 Å². The van der Waals surface area contributed by atoms with Crippen molar-refractivity contribution in [3.8, 4) is 11.3 Å². The average Bonchev–Trinajstić information content (AvgIpc) is 2.69. The zero-order valence-corrected chi connectivity index (χ0v) is 9.41. The number of nitrogens with zero attached hydrogens (tertiary/aromatic N) is 1. The van der Waals surface area contributed by atoms with Crippen LogP contribution in [0.5, 0.6) is 0 Å². The Morgan fingerprint density at radius 3 is 2.60 bits per heavy atom. The number of hydrogen-bond acceptors (Lipinski definition) is 1. The Morgan fingerprint density at radius 1 is 1.20 bits per heavy atom. The fourth-order valence-electron chi connectivity index (χ4n) is 1.51. The molecule has 0 unspecified atom stereocenters. The molecule has 2 aromatic heterocycles. The first-order chi connectivity index (χ1) is 7.07. The van der Waals surface area contributed by atoms with Crippen molar-refractivity contribution in [2.24, 2.45) is 0 Å². The first kappa shape index (κ1) is 9.97. The van der Waals surface area contributed by atoms with Gasteiger partial charge in [0.2, 0.25) is 0 Å². The van der Waals surface area contributed by atoms with Crippen LogP contribution in [0.4, 0.5) is 0 Å². The molecule has 0 atom stereocenters. The first-order valence-corrected chi connectivity index (χ1v) is 5.17. The number of rotatable bonds is 1. The average molecular weight is 200 g/mol. The minimum absolute atomic E-state index is 0.148. The molecule has 2 heterocycles. The van der Waals surface area contributed by atoms with Crippen molar-refractivity contribution in [3.05, 3.63) is 42.4 Å². The molecule has 2 rings (SSSR count). The van der Waals surface area contributed by atoms with Gasteiger partial charge in [0.15, 0.2) is 0 Å². The van der Waals surface area contributed by atoms with Crippen molar-refractivity contribution in [2.45, 2.75) is 26.2 Å². The van der Waals surface area contributed by atoms with E-state index in [1.807, 2.05) is 24.7 Å². The van der Waals surface area contributed by atoms with Crippen LogP contribution in [0.25, 0.3) is 11.3 Å². The van der Waals surface area contributed by atoms with Crippen LogP contribution in [0.2, 0.25) is 0 Å². The summed E-state index contributed by atoms with van der Waals surface area (Å²) in [6, 6.07) is 6.25. The second kappa shape index (κ2) is 3.54. The molecular formula is C13H16N2. The molecule has 0 bridgehead atoms. The minimum atomic E-state index is 0.148. The normalized spacial score (nSPS) is 11.7. The number of aromatic amines is 1. The van der Waals surface area contributed by atoms with Crippen LogP contribution >= 0.6 is 0 Å².